The maximum atomic E-state index is 11.3. The quantitative estimate of drug-likeness (QED) is 0.583. The smallest absolute Gasteiger partial charge is 0.119 e. The SMILES string of the molecule is Cc1cc(O)c(C(C)(C)C)cc1Sc1cc(C(C)(C)C)c(N=O)cc1C. The van der Waals surface area contributed by atoms with Gasteiger partial charge in [-0.15, -0.1) is 4.91 Å². The lowest BCUT2D eigenvalue weighted by atomic mass is 9.85. The molecule has 140 valence electrons. The molecule has 0 atom stereocenters. The predicted octanol–water partition coefficient (Wildman–Crippen LogP) is 7.15. The predicted molar refractivity (Wildman–Crippen MR) is 111 cm³/mol. The number of hydrogen-bond donors (Lipinski definition) is 1. The van der Waals surface area contributed by atoms with Crippen molar-refractivity contribution in [3.05, 3.63) is 51.4 Å². The molecule has 0 spiro atoms. The summed E-state index contributed by atoms with van der Waals surface area (Å²) in [6.07, 6.45) is 0. The van der Waals surface area contributed by atoms with Gasteiger partial charge in [0, 0.05) is 15.4 Å². The van der Waals surface area contributed by atoms with Crippen LogP contribution in [-0.4, -0.2) is 5.11 Å². The second-order valence-electron chi connectivity index (χ2n) is 8.96. The number of nitroso groups, excluding NO2 is 1. The van der Waals surface area contributed by atoms with E-state index in [9.17, 15) is 10.0 Å². The van der Waals surface area contributed by atoms with Crippen molar-refractivity contribution in [1.29, 1.82) is 0 Å². The summed E-state index contributed by atoms with van der Waals surface area (Å²) in [5.41, 5.74) is 4.17. The molecule has 2 rings (SSSR count). The molecule has 0 saturated carbocycles. The number of phenolic OH excluding ortho intramolecular Hbond substituents is 1. The summed E-state index contributed by atoms with van der Waals surface area (Å²) < 4.78 is 0. The minimum atomic E-state index is -0.160. The van der Waals surface area contributed by atoms with Crippen molar-refractivity contribution < 1.29 is 5.11 Å². The van der Waals surface area contributed by atoms with Gasteiger partial charge >= 0.3 is 0 Å². The highest BCUT2D eigenvalue weighted by molar-refractivity contribution is 7.99. The Morgan fingerprint density at radius 1 is 0.808 bits per heavy atom. The highest BCUT2D eigenvalue weighted by Gasteiger charge is 2.23. The fourth-order valence-electron chi connectivity index (χ4n) is 2.96. The largest absolute Gasteiger partial charge is 0.508 e. The monoisotopic (exact) mass is 371 g/mol. The van der Waals surface area contributed by atoms with Crippen LogP contribution in [0.4, 0.5) is 5.69 Å². The first-order valence-corrected chi connectivity index (χ1v) is 9.66. The second-order valence-corrected chi connectivity index (χ2v) is 10.0. The number of benzene rings is 2. The van der Waals surface area contributed by atoms with Gasteiger partial charge in [-0.05, 0) is 70.8 Å². The molecular formula is C22H29NO2S. The molecule has 0 saturated heterocycles. The molecule has 4 heteroatoms. The molecule has 0 fully saturated rings. The van der Waals surface area contributed by atoms with Crippen molar-refractivity contribution in [2.24, 2.45) is 5.18 Å². The van der Waals surface area contributed by atoms with E-state index < -0.39 is 0 Å². The number of aromatic hydroxyl groups is 1. The first kappa shape index (κ1) is 20.5. The van der Waals surface area contributed by atoms with Gasteiger partial charge in [-0.2, -0.15) is 0 Å². The molecule has 26 heavy (non-hydrogen) atoms. The fourth-order valence-corrected chi connectivity index (χ4v) is 3.99. The standard InChI is InChI=1S/C22H29NO2S/c1-13-9-17(23-25)15(21(3,4)5)11-19(13)26-20-12-16(22(6,7)8)18(24)10-14(20)2/h9-12,24H,1-8H3. The zero-order chi connectivity index (χ0) is 19.9. The molecule has 0 amide bonds. The Kier molecular flexibility index (Phi) is 5.57. The minimum absolute atomic E-state index is 0.135. The molecule has 0 radical (unpaired) electrons. The molecule has 0 bridgehead atoms. The summed E-state index contributed by atoms with van der Waals surface area (Å²) in [4.78, 5) is 13.5. The number of phenols is 1. The molecular weight excluding hydrogens is 342 g/mol. The lowest BCUT2D eigenvalue weighted by molar-refractivity contribution is 0.445. The average Bonchev–Trinajstić information content (AvgIpc) is 2.48. The van der Waals surface area contributed by atoms with E-state index in [0.29, 0.717) is 11.4 Å². The van der Waals surface area contributed by atoms with Crippen molar-refractivity contribution in [3.63, 3.8) is 0 Å². The van der Waals surface area contributed by atoms with Crippen molar-refractivity contribution in [2.45, 2.75) is 76.0 Å². The van der Waals surface area contributed by atoms with Crippen LogP contribution < -0.4 is 0 Å². The number of rotatable bonds is 3. The van der Waals surface area contributed by atoms with Gasteiger partial charge in [0.1, 0.15) is 11.4 Å². The molecule has 2 aromatic carbocycles. The van der Waals surface area contributed by atoms with Crippen LogP contribution >= 0.6 is 11.8 Å². The van der Waals surface area contributed by atoms with Crippen LogP contribution in [0, 0.1) is 18.8 Å². The first-order valence-electron chi connectivity index (χ1n) is 8.85. The van der Waals surface area contributed by atoms with Gasteiger partial charge in [-0.1, -0.05) is 53.3 Å². The molecule has 3 nitrogen and oxygen atoms in total. The summed E-state index contributed by atoms with van der Waals surface area (Å²) in [6.45, 7) is 16.6. The van der Waals surface area contributed by atoms with Gasteiger partial charge in [-0.3, -0.25) is 0 Å². The van der Waals surface area contributed by atoms with Gasteiger partial charge in [0.2, 0.25) is 0 Å². The van der Waals surface area contributed by atoms with Crippen molar-refractivity contribution in [3.8, 4) is 5.75 Å². The van der Waals surface area contributed by atoms with Crippen LogP contribution in [0.15, 0.2) is 39.2 Å². The summed E-state index contributed by atoms with van der Waals surface area (Å²) >= 11 is 1.67. The van der Waals surface area contributed by atoms with Crippen molar-refractivity contribution in [2.75, 3.05) is 0 Å². The lowest BCUT2D eigenvalue weighted by Gasteiger charge is -2.24. The van der Waals surface area contributed by atoms with E-state index >= 15 is 0 Å². The maximum absolute atomic E-state index is 11.3. The van der Waals surface area contributed by atoms with Crippen LogP contribution in [-0.2, 0) is 10.8 Å². The average molecular weight is 372 g/mol. The minimum Gasteiger partial charge on any atom is -0.508 e. The topological polar surface area (TPSA) is 49.7 Å². The molecule has 0 aliphatic rings. The van der Waals surface area contributed by atoms with Crippen molar-refractivity contribution in [1.82, 2.24) is 0 Å². The van der Waals surface area contributed by atoms with Crippen LogP contribution in [0.25, 0.3) is 0 Å². The Hall–Kier alpha value is -1.81. The molecule has 0 heterocycles. The zero-order valence-corrected chi connectivity index (χ0v) is 17.8. The summed E-state index contributed by atoms with van der Waals surface area (Å²) in [7, 11) is 0. The normalized spacial score (nSPS) is 12.3. The Morgan fingerprint density at radius 2 is 1.27 bits per heavy atom. The van der Waals surface area contributed by atoms with Gasteiger partial charge in [0.15, 0.2) is 0 Å². The van der Waals surface area contributed by atoms with E-state index in [1.54, 1.807) is 11.8 Å². The molecule has 1 N–H and O–H groups in total. The first-order chi connectivity index (χ1) is 11.8. The summed E-state index contributed by atoms with van der Waals surface area (Å²) in [6, 6.07) is 7.87. The van der Waals surface area contributed by atoms with E-state index in [1.165, 1.54) is 0 Å². The van der Waals surface area contributed by atoms with Gasteiger partial charge < -0.3 is 5.11 Å². The number of aryl methyl sites for hydroxylation is 2. The Labute approximate surface area is 161 Å². The van der Waals surface area contributed by atoms with Crippen molar-refractivity contribution >= 4 is 17.4 Å². The van der Waals surface area contributed by atoms with Gasteiger partial charge in [-0.25, -0.2) is 0 Å². The highest BCUT2D eigenvalue weighted by Crippen LogP contribution is 2.42. The molecule has 0 aliphatic heterocycles. The summed E-state index contributed by atoms with van der Waals surface area (Å²) in [5, 5.41) is 13.6. The Morgan fingerprint density at radius 3 is 1.73 bits per heavy atom. The third kappa shape index (κ3) is 4.29. The van der Waals surface area contributed by atoms with Crippen LogP contribution in [0.1, 0.15) is 63.8 Å². The van der Waals surface area contributed by atoms with E-state index in [-0.39, 0.29) is 10.8 Å². The molecule has 0 aromatic heterocycles. The van der Waals surface area contributed by atoms with Crippen LogP contribution in [0.5, 0.6) is 5.75 Å². The summed E-state index contributed by atoms with van der Waals surface area (Å²) in [5.74, 6) is 0.340. The Bertz CT molecular complexity index is 843. The van der Waals surface area contributed by atoms with Gasteiger partial charge in [0.25, 0.3) is 0 Å². The van der Waals surface area contributed by atoms with Crippen LogP contribution in [0.3, 0.4) is 0 Å². The van der Waals surface area contributed by atoms with E-state index in [2.05, 4.69) is 58.9 Å². The van der Waals surface area contributed by atoms with E-state index in [4.69, 9.17) is 0 Å². The van der Waals surface area contributed by atoms with Crippen LogP contribution in [0.2, 0.25) is 0 Å². The fraction of sp³-hybridized carbons (Fsp3) is 0.455. The second kappa shape index (κ2) is 7.07. The molecule has 2 aromatic rings. The molecule has 0 unspecified atom stereocenters. The lowest BCUT2D eigenvalue weighted by Crippen LogP contribution is -2.12. The van der Waals surface area contributed by atoms with E-state index in [1.807, 2.05) is 26.0 Å². The molecule has 0 aliphatic carbocycles. The third-order valence-electron chi connectivity index (χ3n) is 4.52. The third-order valence-corrected chi connectivity index (χ3v) is 5.84. The number of nitrogens with zero attached hydrogens (tertiary/aromatic N) is 1. The zero-order valence-electron chi connectivity index (χ0n) is 17.0. The van der Waals surface area contributed by atoms with E-state index in [0.717, 1.165) is 32.0 Å². The Balaban J connectivity index is 2.57. The maximum Gasteiger partial charge on any atom is 0.119 e. The van der Waals surface area contributed by atoms with Gasteiger partial charge in [0.05, 0.1) is 0 Å². The highest BCUT2D eigenvalue weighted by atomic mass is 32.2. The number of hydrogen-bond acceptors (Lipinski definition) is 4.